The number of anilines is 1. The summed E-state index contributed by atoms with van der Waals surface area (Å²) in [6, 6.07) is 4.78. The van der Waals surface area contributed by atoms with Gasteiger partial charge in [0.2, 0.25) is 11.8 Å². The van der Waals surface area contributed by atoms with Gasteiger partial charge < -0.3 is 9.73 Å². The van der Waals surface area contributed by atoms with Crippen LogP contribution >= 0.6 is 11.6 Å². The first kappa shape index (κ1) is 21.9. The fourth-order valence-electron chi connectivity index (χ4n) is 4.07. The van der Waals surface area contributed by atoms with Crippen molar-refractivity contribution in [3.63, 3.8) is 0 Å². The van der Waals surface area contributed by atoms with Gasteiger partial charge >= 0.3 is 12.4 Å². The second-order valence-corrected chi connectivity index (χ2v) is 8.47. The van der Waals surface area contributed by atoms with Gasteiger partial charge in [-0.15, -0.1) is 13.2 Å². The Morgan fingerprint density at radius 3 is 2.39 bits per heavy atom. The lowest BCUT2D eigenvalue weighted by atomic mass is 9.80. The highest BCUT2D eigenvalue weighted by Gasteiger charge is 2.41. The summed E-state index contributed by atoms with van der Waals surface area (Å²) in [6.45, 7) is 0. The molecule has 0 atom stereocenters. The molecule has 4 rings (SSSR count). The molecule has 2 aromatic rings. The molecular weight excluding hydrogens is 439 g/mol. The molecule has 0 saturated heterocycles. The second-order valence-electron chi connectivity index (χ2n) is 8.03. The van der Waals surface area contributed by atoms with E-state index in [4.69, 9.17) is 16.0 Å². The van der Waals surface area contributed by atoms with Gasteiger partial charge in [0, 0.05) is 22.9 Å². The predicted octanol–water partition coefficient (Wildman–Crippen LogP) is 4.41. The minimum atomic E-state index is -4.65. The summed E-state index contributed by atoms with van der Waals surface area (Å²) in [4.78, 5) is 29.1. The Morgan fingerprint density at radius 1 is 1.10 bits per heavy atom. The molecule has 0 spiro atoms. The first-order valence-electron chi connectivity index (χ1n) is 10.1. The summed E-state index contributed by atoms with van der Waals surface area (Å²) in [7, 11) is 0. The number of amides is 2. The summed E-state index contributed by atoms with van der Waals surface area (Å²) >= 11 is 5.92. The Hall–Kier alpha value is -2.33. The fourth-order valence-corrected chi connectivity index (χ4v) is 4.23. The van der Waals surface area contributed by atoms with Crippen LogP contribution in [0.1, 0.15) is 38.5 Å². The Balaban J connectivity index is 1.21. The van der Waals surface area contributed by atoms with Gasteiger partial charge in [0.1, 0.15) is 5.52 Å². The molecule has 1 heterocycles. The Morgan fingerprint density at radius 2 is 1.74 bits per heavy atom. The maximum absolute atomic E-state index is 12.5. The summed E-state index contributed by atoms with van der Waals surface area (Å²) in [6.07, 6.45) is -3.13. The largest absolute Gasteiger partial charge is 0.522 e. The van der Waals surface area contributed by atoms with E-state index in [0.29, 0.717) is 41.8 Å². The number of aromatic nitrogens is 1. The van der Waals surface area contributed by atoms with Gasteiger partial charge in [-0.1, -0.05) is 11.6 Å². The predicted molar refractivity (Wildman–Crippen MR) is 105 cm³/mol. The lowest BCUT2D eigenvalue weighted by Crippen LogP contribution is -2.51. The third kappa shape index (κ3) is 5.48. The van der Waals surface area contributed by atoms with Crippen molar-refractivity contribution in [2.45, 2.75) is 57.0 Å². The fraction of sp³-hybridized carbons (Fsp3) is 0.550. The number of ether oxygens (including phenoxy) is 1. The average molecular weight is 460 g/mol. The highest BCUT2D eigenvalue weighted by atomic mass is 35.5. The second kappa shape index (κ2) is 8.66. The molecule has 0 bridgehead atoms. The van der Waals surface area contributed by atoms with Crippen molar-refractivity contribution < 1.29 is 31.9 Å². The number of fused-ring (bicyclic) bond motifs is 1. The monoisotopic (exact) mass is 459 g/mol. The third-order valence-electron chi connectivity index (χ3n) is 5.79. The molecule has 2 amide bonds. The number of rotatable bonds is 5. The molecule has 1 aromatic carbocycles. The molecule has 7 nitrogen and oxygen atoms in total. The molecule has 0 radical (unpaired) electrons. The zero-order chi connectivity index (χ0) is 22.2. The number of benzene rings is 1. The standard InChI is InChI=1S/C20H21ClF3N3O4/c21-12-5-6-16-15(7-12)26-19(30-16)27-18(29)11-3-1-10(2-4-11)17(28)25-13-8-14(9-13)31-20(22,23)24/h5-7,10-11,13-14H,1-4,8-9H2,(H,25,28)(H,26,27,29)/t10-,11-,13-,14+. The maximum atomic E-state index is 12.5. The van der Waals surface area contributed by atoms with Crippen molar-refractivity contribution in [2.75, 3.05) is 5.32 Å². The lowest BCUT2D eigenvalue weighted by molar-refractivity contribution is -0.351. The van der Waals surface area contributed by atoms with Gasteiger partial charge in [-0.3, -0.25) is 19.6 Å². The third-order valence-corrected chi connectivity index (χ3v) is 6.03. The zero-order valence-corrected chi connectivity index (χ0v) is 17.1. The number of oxazole rings is 1. The molecule has 2 aliphatic carbocycles. The van der Waals surface area contributed by atoms with Gasteiger partial charge in [-0.05, 0) is 56.7 Å². The van der Waals surface area contributed by atoms with Crippen LogP contribution in [-0.4, -0.2) is 35.3 Å². The average Bonchev–Trinajstić information content (AvgIpc) is 3.06. The number of nitrogens with zero attached hydrogens (tertiary/aromatic N) is 1. The number of carbonyl (C=O) groups is 2. The lowest BCUT2D eigenvalue weighted by Gasteiger charge is -2.37. The van der Waals surface area contributed by atoms with Crippen LogP contribution in [0, 0.1) is 11.8 Å². The van der Waals surface area contributed by atoms with E-state index in [1.54, 1.807) is 18.2 Å². The van der Waals surface area contributed by atoms with E-state index in [-0.39, 0.29) is 48.5 Å². The molecule has 168 valence electrons. The molecule has 1 aromatic heterocycles. The van der Waals surface area contributed by atoms with Crippen molar-refractivity contribution in [1.29, 1.82) is 0 Å². The summed E-state index contributed by atoms with van der Waals surface area (Å²) in [5.74, 6) is -0.915. The molecule has 2 saturated carbocycles. The molecule has 2 fully saturated rings. The van der Waals surface area contributed by atoms with Crippen molar-refractivity contribution in [1.82, 2.24) is 10.3 Å². The quantitative estimate of drug-likeness (QED) is 0.690. The van der Waals surface area contributed by atoms with Crippen LogP contribution in [0.2, 0.25) is 5.02 Å². The number of nitrogens with one attached hydrogen (secondary N) is 2. The molecule has 0 aliphatic heterocycles. The van der Waals surface area contributed by atoms with Gasteiger partial charge in [0.05, 0.1) is 6.10 Å². The smallest absolute Gasteiger partial charge is 0.423 e. The van der Waals surface area contributed by atoms with Crippen LogP contribution in [-0.2, 0) is 14.3 Å². The number of hydrogen-bond donors (Lipinski definition) is 2. The van der Waals surface area contributed by atoms with Crippen LogP contribution in [0.15, 0.2) is 22.6 Å². The van der Waals surface area contributed by atoms with Crippen LogP contribution in [0.5, 0.6) is 0 Å². The summed E-state index contributed by atoms with van der Waals surface area (Å²) < 4.78 is 45.9. The normalized spacial score (nSPS) is 26.3. The summed E-state index contributed by atoms with van der Waals surface area (Å²) in [5, 5.41) is 5.97. The minimum absolute atomic E-state index is 0.0998. The zero-order valence-electron chi connectivity index (χ0n) is 16.4. The van der Waals surface area contributed by atoms with E-state index < -0.39 is 12.5 Å². The first-order valence-corrected chi connectivity index (χ1v) is 10.5. The summed E-state index contributed by atoms with van der Waals surface area (Å²) in [5.41, 5.74) is 1.06. The highest BCUT2D eigenvalue weighted by molar-refractivity contribution is 6.31. The van der Waals surface area contributed by atoms with Crippen LogP contribution in [0.3, 0.4) is 0 Å². The highest BCUT2D eigenvalue weighted by Crippen LogP contribution is 2.33. The number of halogens is 4. The first-order chi connectivity index (χ1) is 14.7. The number of carbonyl (C=O) groups excluding carboxylic acids is 2. The Bertz CT molecular complexity index is 966. The van der Waals surface area contributed by atoms with Gasteiger partial charge in [0.25, 0.3) is 0 Å². The van der Waals surface area contributed by atoms with Gasteiger partial charge in [0.15, 0.2) is 5.58 Å². The van der Waals surface area contributed by atoms with Crippen molar-refractivity contribution in [2.24, 2.45) is 11.8 Å². The number of hydrogen-bond acceptors (Lipinski definition) is 5. The SMILES string of the molecule is O=C(Nc1nc2cc(Cl)ccc2o1)[C@H]1CC[C@H](C(=O)N[C@H]2C[C@@H](OC(F)(F)F)C2)CC1. The van der Waals surface area contributed by atoms with Crippen molar-refractivity contribution in [3.05, 3.63) is 23.2 Å². The molecule has 31 heavy (non-hydrogen) atoms. The minimum Gasteiger partial charge on any atom is -0.423 e. The number of alkyl halides is 3. The molecule has 11 heteroatoms. The van der Waals surface area contributed by atoms with Crippen molar-refractivity contribution in [3.8, 4) is 0 Å². The Kier molecular flexibility index (Phi) is 6.11. The molecular formula is C20H21ClF3N3O4. The van der Waals surface area contributed by atoms with E-state index in [9.17, 15) is 22.8 Å². The Labute approximate surface area is 180 Å². The van der Waals surface area contributed by atoms with E-state index in [0.717, 1.165) is 0 Å². The maximum Gasteiger partial charge on any atom is 0.522 e. The van der Waals surface area contributed by atoms with E-state index in [1.165, 1.54) is 0 Å². The van der Waals surface area contributed by atoms with E-state index in [2.05, 4.69) is 20.4 Å². The van der Waals surface area contributed by atoms with Crippen LogP contribution in [0.25, 0.3) is 11.1 Å². The molecule has 2 aliphatic rings. The van der Waals surface area contributed by atoms with E-state index in [1.807, 2.05) is 0 Å². The van der Waals surface area contributed by atoms with Gasteiger partial charge in [-0.25, -0.2) is 0 Å². The van der Waals surface area contributed by atoms with Crippen LogP contribution < -0.4 is 10.6 Å². The molecule has 0 unspecified atom stereocenters. The topological polar surface area (TPSA) is 93.5 Å². The van der Waals surface area contributed by atoms with E-state index >= 15 is 0 Å². The molecule has 2 N–H and O–H groups in total. The van der Waals surface area contributed by atoms with Crippen LogP contribution in [0.4, 0.5) is 19.2 Å². The van der Waals surface area contributed by atoms with Gasteiger partial charge in [-0.2, -0.15) is 4.98 Å². The van der Waals surface area contributed by atoms with Crippen molar-refractivity contribution >= 4 is 40.5 Å².